The summed E-state index contributed by atoms with van der Waals surface area (Å²) in [4.78, 5) is 0.707. The van der Waals surface area contributed by atoms with Gasteiger partial charge in [-0.25, -0.2) is 0 Å². The van der Waals surface area contributed by atoms with Crippen molar-refractivity contribution in [1.82, 2.24) is 9.78 Å². The van der Waals surface area contributed by atoms with Gasteiger partial charge in [-0.05, 0) is 38.5 Å². The van der Waals surface area contributed by atoms with Gasteiger partial charge in [-0.3, -0.25) is 4.68 Å². The molecular weight excluding hydrogens is 275 g/mol. The Morgan fingerprint density at radius 1 is 1.53 bits per heavy atom. The second-order valence-corrected chi connectivity index (χ2v) is 6.11. The molecule has 84 valence electrons. The minimum atomic E-state index is 0.707. The first-order chi connectivity index (χ1) is 7.08. The summed E-state index contributed by atoms with van der Waals surface area (Å²) in [5, 5.41) is 5.16. The highest BCUT2D eigenvalue weighted by Gasteiger charge is 2.25. The van der Waals surface area contributed by atoms with Crippen molar-refractivity contribution in [2.75, 3.05) is 0 Å². The summed E-state index contributed by atoms with van der Waals surface area (Å²) < 4.78 is 1.77. The van der Waals surface area contributed by atoms with Crippen LogP contribution in [0.5, 0.6) is 0 Å². The topological polar surface area (TPSA) is 17.8 Å². The van der Waals surface area contributed by atoms with E-state index in [-0.39, 0.29) is 0 Å². The first kappa shape index (κ1) is 11.5. The van der Waals surface area contributed by atoms with Crippen LogP contribution in [0, 0.1) is 12.8 Å². The molecule has 1 heterocycles. The number of nitrogens with zero attached hydrogens (tertiary/aromatic N) is 2. The quantitative estimate of drug-likeness (QED) is 0.763. The van der Waals surface area contributed by atoms with E-state index in [1.165, 1.54) is 24.8 Å². The Kier molecular flexibility index (Phi) is 3.41. The molecule has 2 unspecified atom stereocenters. The number of halogens is 2. The summed E-state index contributed by atoms with van der Waals surface area (Å²) in [6, 6.07) is 0. The number of alkyl halides is 1. The standard InChI is InChI=1S/C11H16BrClN2/c1-7-10(11(13)15(2)14-7)6-8-3-4-9(12)5-8/h8-9H,3-6H2,1-2H3. The highest BCUT2D eigenvalue weighted by molar-refractivity contribution is 9.09. The molecule has 0 spiro atoms. The Bertz CT molecular complexity index is 362. The molecule has 0 amide bonds. The van der Waals surface area contributed by atoms with Gasteiger partial charge in [0.15, 0.2) is 0 Å². The highest BCUT2D eigenvalue weighted by Crippen LogP contribution is 2.34. The number of aromatic nitrogens is 2. The summed E-state index contributed by atoms with van der Waals surface area (Å²) in [5.74, 6) is 0.773. The maximum Gasteiger partial charge on any atom is 0.130 e. The second kappa shape index (κ2) is 4.46. The summed E-state index contributed by atoms with van der Waals surface area (Å²) >= 11 is 9.90. The molecule has 0 aliphatic heterocycles. The Hall–Kier alpha value is -0.0200. The maximum atomic E-state index is 6.22. The predicted octanol–water partition coefficient (Wildman–Crippen LogP) is 3.49. The van der Waals surface area contributed by atoms with Gasteiger partial charge in [0.05, 0.1) is 5.69 Å². The normalized spacial score (nSPS) is 26.1. The molecule has 1 fully saturated rings. The first-order valence-corrected chi connectivity index (χ1v) is 6.69. The lowest BCUT2D eigenvalue weighted by molar-refractivity contribution is 0.547. The SMILES string of the molecule is Cc1nn(C)c(Cl)c1CC1CCC(Br)C1. The van der Waals surface area contributed by atoms with Gasteiger partial charge >= 0.3 is 0 Å². The molecule has 1 aliphatic carbocycles. The zero-order valence-electron chi connectivity index (χ0n) is 9.13. The van der Waals surface area contributed by atoms with Crippen molar-refractivity contribution in [3.8, 4) is 0 Å². The van der Waals surface area contributed by atoms with E-state index < -0.39 is 0 Å². The fraction of sp³-hybridized carbons (Fsp3) is 0.727. The summed E-state index contributed by atoms with van der Waals surface area (Å²) in [5.41, 5.74) is 2.33. The van der Waals surface area contributed by atoms with E-state index in [4.69, 9.17) is 11.6 Å². The molecule has 2 atom stereocenters. The van der Waals surface area contributed by atoms with Gasteiger partial charge in [-0.15, -0.1) is 0 Å². The van der Waals surface area contributed by atoms with Crippen molar-refractivity contribution in [1.29, 1.82) is 0 Å². The molecule has 15 heavy (non-hydrogen) atoms. The lowest BCUT2D eigenvalue weighted by Gasteiger charge is -2.08. The van der Waals surface area contributed by atoms with E-state index in [9.17, 15) is 0 Å². The van der Waals surface area contributed by atoms with E-state index >= 15 is 0 Å². The van der Waals surface area contributed by atoms with Crippen molar-refractivity contribution in [3.05, 3.63) is 16.4 Å². The van der Waals surface area contributed by atoms with Crippen LogP contribution in [0.15, 0.2) is 0 Å². The maximum absolute atomic E-state index is 6.22. The van der Waals surface area contributed by atoms with Crippen molar-refractivity contribution in [3.63, 3.8) is 0 Å². The van der Waals surface area contributed by atoms with Crippen LogP contribution in [0.4, 0.5) is 0 Å². The Labute approximate surface area is 104 Å². The number of hydrogen-bond acceptors (Lipinski definition) is 1. The molecule has 2 rings (SSSR count). The third kappa shape index (κ3) is 2.39. The van der Waals surface area contributed by atoms with Crippen LogP contribution in [0.1, 0.15) is 30.5 Å². The summed E-state index contributed by atoms with van der Waals surface area (Å²) in [7, 11) is 1.90. The van der Waals surface area contributed by atoms with E-state index in [0.29, 0.717) is 4.83 Å². The number of aryl methyl sites for hydroxylation is 2. The van der Waals surface area contributed by atoms with Crippen LogP contribution in [0.25, 0.3) is 0 Å². The predicted molar refractivity (Wildman–Crippen MR) is 66.7 cm³/mol. The average molecular weight is 292 g/mol. The molecule has 0 aromatic carbocycles. The smallest absolute Gasteiger partial charge is 0.130 e. The second-order valence-electron chi connectivity index (χ2n) is 4.46. The zero-order chi connectivity index (χ0) is 11.0. The van der Waals surface area contributed by atoms with E-state index in [1.54, 1.807) is 4.68 Å². The summed E-state index contributed by atoms with van der Waals surface area (Å²) in [6.07, 6.45) is 4.95. The lowest BCUT2D eigenvalue weighted by Crippen LogP contribution is -2.01. The molecule has 1 aromatic heterocycles. The van der Waals surface area contributed by atoms with Gasteiger partial charge in [0, 0.05) is 17.4 Å². The third-order valence-electron chi connectivity index (χ3n) is 3.24. The van der Waals surface area contributed by atoms with Crippen LogP contribution in [-0.2, 0) is 13.5 Å². The lowest BCUT2D eigenvalue weighted by atomic mass is 9.99. The van der Waals surface area contributed by atoms with Gasteiger partial charge < -0.3 is 0 Å². The number of hydrogen-bond donors (Lipinski definition) is 0. The molecule has 4 heteroatoms. The minimum Gasteiger partial charge on any atom is -0.257 e. The molecule has 1 aliphatic rings. The molecule has 0 saturated heterocycles. The third-order valence-corrected chi connectivity index (χ3v) is 4.54. The van der Waals surface area contributed by atoms with E-state index in [2.05, 4.69) is 21.0 Å². The Morgan fingerprint density at radius 2 is 2.27 bits per heavy atom. The van der Waals surface area contributed by atoms with Crippen molar-refractivity contribution >= 4 is 27.5 Å². The molecular formula is C11H16BrClN2. The monoisotopic (exact) mass is 290 g/mol. The van der Waals surface area contributed by atoms with Crippen LogP contribution in [-0.4, -0.2) is 14.6 Å². The molecule has 0 bridgehead atoms. The van der Waals surface area contributed by atoms with Gasteiger partial charge in [0.25, 0.3) is 0 Å². The van der Waals surface area contributed by atoms with Gasteiger partial charge in [-0.2, -0.15) is 5.10 Å². The largest absolute Gasteiger partial charge is 0.257 e. The van der Waals surface area contributed by atoms with Crippen LogP contribution in [0.3, 0.4) is 0 Å². The molecule has 0 radical (unpaired) electrons. The Morgan fingerprint density at radius 3 is 2.73 bits per heavy atom. The highest BCUT2D eigenvalue weighted by atomic mass is 79.9. The molecule has 1 saturated carbocycles. The van der Waals surface area contributed by atoms with Gasteiger partial charge in [0.2, 0.25) is 0 Å². The first-order valence-electron chi connectivity index (χ1n) is 5.40. The van der Waals surface area contributed by atoms with Crippen molar-refractivity contribution in [2.45, 2.75) is 37.4 Å². The van der Waals surface area contributed by atoms with Crippen LogP contribution < -0.4 is 0 Å². The fourth-order valence-corrected chi connectivity index (χ4v) is 3.44. The van der Waals surface area contributed by atoms with Crippen LogP contribution in [0.2, 0.25) is 5.15 Å². The molecule has 0 N–H and O–H groups in total. The van der Waals surface area contributed by atoms with Crippen molar-refractivity contribution < 1.29 is 0 Å². The minimum absolute atomic E-state index is 0.707. The fourth-order valence-electron chi connectivity index (χ4n) is 2.39. The summed E-state index contributed by atoms with van der Waals surface area (Å²) in [6.45, 7) is 2.04. The number of rotatable bonds is 2. The zero-order valence-corrected chi connectivity index (χ0v) is 11.5. The molecule has 2 nitrogen and oxygen atoms in total. The Balaban J connectivity index is 2.10. The van der Waals surface area contributed by atoms with Crippen LogP contribution >= 0.6 is 27.5 Å². The van der Waals surface area contributed by atoms with Gasteiger partial charge in [-0.1, -0.05) is 27.5 Å². The van der Waals surface area contributed by atoms with Crippen molar-refractivity contribution in [2.24, 2.45) is 13.0 Å². The van der Waals surface area contributed by atoms with E-state index in [1.807, 2.05) is 14.0 Å². The average Bonchev–Trinajstić information content (AvgIpc) is 2.67. The molecule has 1 aromatic rings. The van der Waals surface area contributed by atoms with Gasteiger partial charge in [0.1, 0.15) is 5.15 Å². The van der Waals surface area contributed by atoms with E-state index in [0.717, 1.165) is 23.2 Å².